The van der Waals surface area contributed by atoms with Crippen molar-refractivity contribution in [2.75, 3.05) is 0 Å². The van der Waals surface area contributed by atoms with Crippen LogP contribution in [0.2, 0.25) is 5.02 Å². The van der Waals surface area contributed by atoms with E-state index in [1.807, 2.05) is 39.8 Å². The van der Waals surface area contributed by atoms with E-state index in [-0.39, 0.29) is 0 Å². The summed E-state index contributed by atoms with van der Waals surface area (Å²) in [6, 6.07) is 14.9. The van der Waals surface area contributed by atoms with Crippen LogP contribution in [-0.2, 0) is 9.53 Å². The van der Waals surface area contributed by atoms with Crippen LogP contribution in [0.4, 0.5) is 0 Å². The third-order valence-electron chi connectivity index (χ3n) is 3.27. The van der Waals surface area contributed by atoms with Crippen molar-refractivity contribution in [1.29, 1.82) is 0 Å². The van der Waals surface area contributed by atoms with Gasteiger partial charge in [0.1, 0.15) is 0 Å². The van der Waals surface area contributed by atoms with E-state index < -0.39 is 17.7 Å². The molecule has 2 rings (SSSR count). The van der Waals surface area contributed by atoms with Gasteiger partial charge in [-0.05, 0) is 57.0 Å². The van der Waals surface area contributed by atoms with Crippen molar-refractivity contribution in [3.05, 3.63) is 58.6 Å². The lowest BCUT2D eigenvalue weighted by atomic mass is 9.93. The molecule has 0 saturated carbocycles. The molecule has 0 aromatic heterocycles. The fraction of sp³-hybridized carbons (Fsp3) is 0.316. The molecule has 1 atom stereocenters. The average molecular weight is 331 g/mol. The molecular formula is C19H19ClO3. The molecule has 0 spiro atoms. The molecular weight excluding hydrogens is 312 g/mol. The number of aliphatic carboxylic acids is 1. The summed E-state index contributed by atoms with van der Waals surface area (Å²) >= 11 is 5.93. The highest BCUT2D eigenvalue weighted by atomic mass is 35.5. The van der Waals surface area contributed by atoms with Gasteiger partial charge in [-0.15, -0.1) is 0 Å². The SMILES string of the molecule is Cc1cc#cc(-c2ccc(Cl)cc2)c1[C@H](OC(C)(C)C)C(=O)O. The predicted octanol–water partition coefficient (Wildman–Crippen LogP) is 4.86. The number of carboxylic acid groups (broad SMARTS) is 1. The first-order valence-electron chi connectivity index (χ1n) is 7.28. The zero-order chi connectivity index (χ0) is 17.2. The third kappa shape index (κ3) is 4.25. The van der Waals surface area contributed by atoms with Gasteiger partial charge in [-0.1, -0.05) is 35.9 Å². The minimum atomic E-state index is -1.08. The molecule has 0 amide bonds. The Kier molecular flexibility index (Phi) is 4.99. The van der Waals surface area contributed by atoms with E-state index in [9.17, 15) is 9.90 Å². The molecule has 120 valence electrons. The lowest BCUT2D eigenvalue weighted by Crippen LogP contribution is -2.28. The number of rotatable bonds is 4. The van der Waals surface area contributed by atoms with E-state index in [1.54, 1.807) is 18.2 Å². The number of halogens is 1. The topological polar surface area (TPSA) is 46.5 Å². The molecule has 0 aliphatic heterocycles. The Labute approximate surface area is 141 Å². The number of hydrogen-bond donors (Lipinski definition) is 1. The van der Waals surface area contributed by atoms with Gasteiger partial charge in [-0.3, -0.25) is 0 Å². The lowest BCUT2D eigenvalue weighted by molar-refractivity contribution is -0.160. The van der Waals surface area contributed by atoms with Gasteiger partial charge in [0.25, 0.3) is 0 Å². The van der Waals surface area contributed by atoms with E-state index in [1.165, 1.54) is 0 Å². The summed E-state index contributed by atoms with van der Waals surface area (Å²) in [7, 11) is 0. The molecule has 0 unspecified atom stereocenters. The minimum absolute atomic E-state index is 0.591. The number of ether oxygens (including phenoxy) is 1. The smallest absolute Gasteiger partial charge is 0.337 e. The standard InChI is InChI=1S/C19H19ClO3/c1-12-6-5-7-15(13-8-10-14(20)11-9-13)16(12)17(18(21)22)23-19(2,3)4/h6,8-11,17H,1-4H3,(H,21,22)/t17-/m0/s1. The number of carbonyl (C=O) groups is 1. The van der Waals surface area contributed by atoms with Gasteiger partial charge in [0, 0.05) is 16.1 Å². The van der Waals surface area contributed by atoms with Crippen molar-refractivity contribution in [3.63, 3.8) is 0 Å². The van der Waals surface area contributed by atoms with Crippen LogP contribution in [0.1, 0.15) is 38.0 Å². The maximum absolute atomic E-state index is 11.8. The van der Waals surface area contributed by atoms with Crippen molar-refractivity contribution in [2.24, 2.45) is 0 Å². The monoisotopic (exact) mass is 330 g/mol. The highest BCUT2D eigenvalue weighted by molar-refractivity contribution is 6.30. The van der Waals surface area contributed by atoms with Crippen LogP contribution in [-0.4, -0.2) is 16.7 Å². The number of hydrogen-bond acceptors (Lipinski definition) is 2. The summed E-state index contributed by atoms with van der Waals surface area (Å²) in [5.41, 5.74) is 2.29. The summed E-state index contributed by atoms with van der Waals surface area (Å²) in [5, 5.41) is 10.3. The molecule has 2 aromatic rings. The molecule has 0 aliphatic carbocycles. The zero-order valence-electron chi connectivity index (χ0n) is 13.6. The predicted molar refractivity (Wildman–Crippen MR) is 90.5 cm³/mol. The van der Waals surface area contributed by atoms with Crippen LogP contribution < -0.4 is 0 Å². The second-order valence-electron chi connectivity index (χ2n) is 6.34. The molecule has 0 saturated heterocycles. The normalized spacial score (nSPS) is 12.6. The molecule has 4 heteroatoms. The fourth-order valence-corrected chi connectivity index (χ4v) is 2.45. The number of benzene rings is 1. The summed E-state index contributed by atoms with van der Waals surface area (Å²) < 4.78 is 5.79. The molecule has 3 nitrogen and oxygen atoms in total. The van der Waals surface area contributed by atoms with Crippen molar-refractivity contribution < 1.29 is 14.6 Å². The van der Waals surface area contributed by atoms with Crippen molar-refractivity contribution >= 4 is 17.6 Å². The Hall–Kier alpha value is -2.02. The van der Waals surface area contributed by atoms with Crippen LogP contribution in [0.15, 0.2) is 30.3 Å². The molecule has 0 heterocycles. The number of carboxylic acids is 1. The maximum Gasteiger partial charge on any atom is 0.337 e. The van der Waals surface area contributed by atoms with Gasteiger partial charge in [0.2, 0.25) is 0 Å². The van der Waals surface area contributed by atoms with E-state index >= 15 is 0 Å². The fourth-order valence-electron chi connectivity index (χ4n) is 2.33. The Morgan fingerprint density at radius 2 is 1.87 bits per heavy atom. The molecule has 0 fully saturated rings. The molecule has 0 bridgehead atoms. The first-order valence-corrected chi connectivity index (χ1v) is 7.66. The molecule has 23 heavy (non-hydrogen) atoms. The largest absolute Gasteiger partial charge is 0.479 e. The van der Waals surface area contributed by atoms with Crippen LogP contribution in [0.5, 0.6) is 0 Å². The summed E-state index contributed by atoms with van der Waals surface area (Å²) in [5.74, 6) is -1.03. The molecule has 0 radical (unpaired) electrons. The van der Waals surface area contributed by atoms with Gasteiger partial charge in [0.05, 0.1) is 5.60 Å². The molecule has 1 N–H and O–H groups in total. The minimum Gasteiger partial charge on any atom is -0.479 e. The zero-order valence-corrected chi connectivity index (χ0v) is 14.4. The highest BCUT2D eigenvalue weighted by Gasteiger charge is 2.30. The third-order valence-corrected chi connectivity index (χ3v) is 3.52. The average Bonchev–Trinajstić information content (AvgIpc) is 2.44. The Bertz CT molecular complexity index is 700. The van der Waals surface area contributed by atoms with Crippen LogP contribution >= 0.6 is 11.6 Å². The van der Waals surface area contributed by atoms with Crippen LogP contribution in [0.25, 0.3) is 11.1 Å². The Morgan fingerprint density at radius 1 is 1.26 bits per heavy atom. The second kappa shape index (κ2) is 6.62. The second-order valence-corrected chi connectivity index (χ2v) is 6.78. The quantitative estimate of drug-likeness (QED) is 0.871. The number of aryl methyl sites for hydroxylation is 1. The lowest BCUT2D eigenvalue weighted by Gasteiger charge is -2.27. The van der Waals surface area contributed by atoms with Crippen molar-refractivity contribution in [3.8, 4) is 11.1 Å². The van der Waals surface area contributed by atoms with Crippen LogP contribution in [0.3, 0.4) is 0 Å². The highest BCUT2D eigenvalue weighted by Crippen LogP contribution is 2.34. The Balaban J connectivity index is 2.60. The van der Waals surface area contributed by atoms with Crippen molar-refractivity contribution in [2.45, 2.75) is 39.4 Å². The van der Waals surface area contributed by atoms with Gasteiger partial charge in [-0.2, -0.15) is 0 Å². The summed E-state index contributed by atoms with van der Waals surface area (Å²) in [6.07, 6.45) is -1.08. The molecule has 0 aliphatic rings. The Morgan fingerprint density at radius 3 is 2.39 bits per heavy atom. The maximum atomic E-state index is 11.8. The van der Waals surface area contributed by atoms with E-state index in [2.05, 4.69) is 12.1 Å². The van der Waals surface area contributed by atoms with E-state index in [4.69, 9.17) is 16.3 Å². The van der Waals surface area contributed by atoms with E-state index in [0.717, 1.165) is 11.1 Å². The molecule has 2 aromatic carbocycles. The summed E-state index contributed by atoms with van der Waals surface area (Å²) in [4.78, 5) is 11.8. The van der Waals surface area contributed by atoms with Crippen molar-refractivity contribution in [1.82, 2.24) is 0 Å². The van der Waals surface area contributed by atoms with Gasteiger partial charge in [-0.25, -0.2) is 4.79 Å². The first-order chi connectivity index (χ1) is 10.7. The van der Waals surface area contributed by atoms with Crippen LogP contribution in [0, 0.1) is 19.1 Å². The van der Waals surface area contributed by atoms with E-state index in [0.29, 0.717) is 16.1 Å². The van der Waals surface area contributed by atoms with Gasteiger partial charge < -0.3 is 9.84 Å². The summed E-state index contributed by atoms with van der Waals surface area (Å²) in [6.45, 7) is 7.35. The van der Waals surface area contributed by atoms with Gasteiger partial charge in [0.15, 0.2) is 6.10 Å². The van der Waals surface area contributed by atoms with Gasteiger partial charge >= 0.3 is 5.97 Å². The first kappa shape index (κ1) is 17.3.